The van der Waals surface area contributed by atoms with E-state index in [4.69, 9.17) is 4.52 Å². The second-order valence-corrected chi connectivity index (χ2v) is 3.49. The van der Waals surface area contributed by atoms with Gasteiger partial charge in [0.25, 0.3) is 0 Å². The van der Waals surface area contributed by atoms with Gasteiger partial charge in [-0.15, -0.1) is 0 Å². The fraction of sp³-hybridized carbons (Fsp3) is 0.167. The van der Waals surface area contributed by atoms with E-state index in [1.54, 1.807) is 6.92 Å². The molecule has 0 saturated heterocycles. The smallest absolute Gasteiger partial charge is 0.170 e. The first-order valence-corrected chi connectivity index (χ1v) is 5.09. The number of aromatic nitrogens is 1. The summed E-state index contributed by atoms with van der Waals surface area (Å²) >= 11 is 0. The van der Waals surface area contributed by atoms with Crippen LogP contribution in [0.15, 0.2) is 28.8 Å². The van der Waals surface area contributed by atoms with Crippen LogP contribution in [0, 0.1) is 5.82 Å². The van der Waals surface area contributed by atoms with Crippen molar-refractivity contribution in [1.29, 1.82) is 0 Å². The van der Waals surface area contributed by atoms with E-state index in [0.717, 1.165) is 0 Å². The lowest BCUT2D eigenvalue weighted by Crippen LogP contribution is -2.23. The highest BCUT2D eigenvalue weighted by molar-refractivity contribution is 5.87. The predicted molar refractivity (Wildman–Crippen MR) is 55.6 cm³/mol. The summed E-state index contributed by atoms with van der Waals surface area (Å²) in [5.41, 5.74) is 0.840. The average molecular weight is 234 g/mol. The van der Waals surface area contributed by atoms with Crippen LogP contribution in [-0.4, -0.2) is 11.1 Å². The highest BCUT2D eigenvalue weighted by atomic mass is 19.1. The fourth-order valence-electron chi connectivity index (χ4n) is 1.63. The number of carbonyl (C=O) groups is 1. The van der Waals surface area contributed by atoms with Crippen LogP contribution in [0.25, 0.3) is 11.3 Å². The largest absolute Gasteiger partial charge is 0.543 e. The zero-order chi connectivity index (χ0) is 12.4. The molecule has 0 spiro atoms. The van der Waals surface area contributed by atoms with Gasteiger partial charge in [-0.05, 0) is 30.7 Å². The number of aromatic carboxylic acids is 1. The van der Waals surface area contributed by atoms with Gasteiger partial charge in [0.2, 0.25) is 0 Å². The normalized spacial score (nSPS) is 10.5. The van der Waals surface area contributed by atoms with Gasteiger partial charge in [0.1, 0.15) is 11.5 Å². The third kappa shape index (κ3) is 2.04. The molecule has 0 unspecified atom stereocenters. The molecular formula is C12H9FNO3-. The Morgan fingerprint density at radius 2 is 2.06 bits per heavy atom. The molecule has 88 valence electrons. The molecule has 0 radical (unpaired) electrons. The minimum atomic E-state index is -1.38. The van der Waals surface area contributed by atoms with E-state index in [0.29, 0.717) is 23.3 Å². The van der Waals surface area contributed by atoms with E-state index in [-0.39, 0.29) is 11.5 Å². The quantitative estimate of drug-likeness (QED) is 0.805. The number of carboxylic acids is 1. The Morgan fingerprint density at radius 3 is 2.59 bits per heavy atom. The second-order valence-electron chi connectivity index (χ2n) is 3.49. The predicted octanol–water partition coefficient (Wildman–Crippen LogP) is 1.41. The molecule has 1 heterocycles. The first-order valence-electron chi connectivity index (χ1n) is 5.09. The van der Waals surface area contributed by atoms with Gasteiger partial charge in [-0.25, -0.2) is 4.39 Å². The van der Waals surface area contributed by atoms with Crippen LogP contribution >= 0.6 is 0 Å². The van der Waals surface area contributed by atoms with Crippen molar-refractivity contribution in [2.75, 3.05) is 0 Å². The number of rotatable bonds is 3. The van der Waals surface area contributed by atoms with Crippen LogP contribution in [0.5, 0.6) is 0 Å². The highest BCUT2D eigenvalue weighted by Gasteiger charge is 2.16. The van der Waals surface area contributed by atoms with Crippen LogP contribution in [0.2, 0.25) is 0 Å². The number of carbonyl (C=O) groups excluding carboxylic acids is 1. The second kappa shape index (κ2) is 4.37. The summed E-state index contributed by atoms with van der Waals surface area (Å²) in [5, 5.41) is 14.2. The van der Waals surface area contributed by atoms with Gasteiger partial charge < -0.3 is 14.4 Å². The lowest BCUT2D eigenvalue weighted by atomic mass is 10.0. The topological polar surface area (TPSA) is 66.2 Å². The molecule has 0 saturated carbocycles. The van der Waals surface area contributed by atoms with Crippen LogP contribution in [0.1, 0.15) is 23.0 Å². The number of carboxylic acid groups (broad SMARTS) is 1. The summed E-state index contributed by atoms with van der Waals surface area (Å²) in [6.45, 7) is 1.78. The van der Waals surface area contributed by atoms with Gasteiger partial charge in [0, 0.05) is 11.1 Å². The first-order chi connectivity index (χ1) is 8.13. The third-order valence-electron chi connectivity index (χ3n) is 2.44. The number of hydrogen-bond acceptors (Lipinski definition) is 4. The number of halogens is 1. The minimum absolute atomic E-state index is 0.202. The van der Waals surface area contributed by atoms with Gasteiger partial charge in [-0.3, -0.25) is 0 Å². The van der Waals surface area contributed by atoms with E-state index in [1.165, 1.54) is 24.3 Å². The van der Waals surface area contributed by atoms with Crippen molar-refractivity contribution in [1.82, 2.24) is 5.16 Å². The maximum absolute atomic E-state index is 12.8. The van der Waals surface area contributed by atoms with Crippen molar-refractivity contribution in [3.05, 3.63) is 41.3 Å². The van der Waals surface area contributed by atoms with Crippen molar-refractivity contribution >= 4 is 5.97 Å². The Bertz CT molecular complexity index is 545. The molecule has 0 atom stereocenters. The van der Waals surface area contributed by atoms with Gasteiger partial charge >= 0.3 is 0 Å². The van der Waals surface area contributed by atoms with Crippen molar-refractivity contribution in [2.45, 2.75) is 13.3 Å². The first kappa shape index (κ1) is 11.3. The zero-order valence-corrected chi connectivity index (χ0v) is 9.07. The number of hydrogen-bond donors (Lipinski definition) is 0. The molecule has 0 aliphatic rings. The molecule has 0 bridgehead atoms. The van der Waals surface area contributed by atoms with E-state index in [1.807, 2.05) is 0 Å². The molecule has 0 aliphatic heterocycles. The van der Waals surface area contributed by atoms with Crippen molar-refractivity contribution in [2.24, 2.45) is 0 Å². The summed E-state index contributed by atoms with van der Waals surface area (Å²) in [7, 11) is 0. The zero-order valence-electron chi connectivity index (χ0n) is 9.07. The molecule has 1 aromatic heterocycles. The Kier molecular flexibility index (Phi) is 2.91. The molecule has 0 N–H and O–H groups in total. The van der Waals surface area contributed by atoms with Crippen molar-refractivity contribution < 1.29 is 18.8 Å². The van der Waals surface area contributed by atoms with E-state index in [9.17, 15) is 14.3 Å². The fourth-order valence-corrected chi connectivity index (χ4v) is 1.63. The molecule has 1 aromatic carbocycles. The van der Waals surface area contributed by atoms with Crippen LogP contribution < -0.4 is 5.11 Å². The summed E-state index contributed by atoms with van der Waals surface area (Å²) in [5.74, 6) is -1.41. The molecule has 0 amide bonds. The third-order valence-corrected chi connectivity index (χ3v) is 2.44. The Hall–Kier alpha value is -2.17. The Balaban J connectivity index is 2.52. The Morgan fingerprint density at radius 1 is 1.41 bits per heavy atom. The lowest BCUT2D eigenvalue weighted by Gasteiger charge is -2.01. The molecule has 5 heteroatoms. The SMILES string of the molecule is CCc1c(C(=O)[O-])noc1-c1ccc(F)cc1. The lowest BCUT2D eigenvalue weighted by molar-refractivity contribution is -0.255. The van der Waals surface area contributed by atoms with Gasteiger partial charge in [0.05, 0.1) is 5.97 Å². The number of benzene rings is 1. The van der Waals surface area contributed by atoms with Gasteiger partial charge in [-0.2, -0.15) is 0 Å². The summed E-state index contributed by atoms with van der Waals surface area (Å²) in [4.78, 5) is 10.8. The summed E-state index contributed by atoms with van der Waals surface area (Å²) < 4.78 is 17.7. The van der Waals surface area contributed by atoms with Crippen LogP contribution in [0.3, 0.4) is 0 Å². The standard InChI is InChI=1S/C12H10FNO3/c1-2-9-10(12(15)16)14-17-11(9)7-3-5-8(13)6-4-7/h3-6H,2H2,1H3,(H,15,16)/p-1. The summed E-state index contributed by atoms with van der Waals surface area (Å²) in [6, 6.07) is 5.56. The average Bonchev–Trinajstić information content (AvgIpc) is 2.73. The molecular weight excluding hydrogens is 225 g/mol. The minimum Gasteiger partial charge on any atom is -0.543 e. The molecule has 0 fully saturated rings. The molecule has 17 heavy (non-hydrogen) atoms. The monoisotopic (exact) mass is 234 g/mol. The summed E-state index contributed by atoms with van der Waals surface area (Å²) in [6.07, 6.45) is 0.444. The molecule has 4 nitrogen and oxygen atoms in total. The molecule has 0 aliphatic carbocycles. The van der Waals surface area contributed by atoms with E-state index in [2.05, 4.69) is 5.16 Å². The van der Waals surface area contributed by atoms with E-state index >= 15 is 0 Å². The van der Waals surface area contributed by atoms with Crippen molar-refractivity contribution in [3.8, 4) is 11.3 Å². The molecule has 2 aromatic rings. The Labute approximate surface area is 96.7 Å². The van der Waals surface area contributed by atoms with Crippen molar-refractivity contribution in [3.63, 3.8) is 0 Å². The van der Waals surface area contributed by atoms with Gasteiger partial charge in [0.15, 0.2) is 5.76 Å². The van der Waals surface area contributed by atoms with Crippen LogP contribution in [-0.2, 0) is 6.42 Å². The van der Waals surface area contributed by atoms with Gasteiger partial charge in [-0.1, -0.05) is 12.1 Å². The van der Waals surface area contributed by atoms with Crippen LogP contribution in [0.4, 0.5) is 4.39 Å². The molecule has 2 rings (SSSR count). The maximum Gasteiger partial charge on any atom is 0.170 e. The maximum atomic E-state index is 12.8. The van der Waals surface area contributed by atoms with E-state index < -0.39 is 5.97 Å². The number of nitrogens with zero attached hydrogens (tertiary/aromatic N) is 1. The highest BCUT2D eigenvalue weighted by Crippen LogP contribution is 2.26.